The van der Waals surface area contributed by atoms with E-state index in [1.165, 1.54) is 5.56 Å². The molecule has 0 radical (unpaired) electrons. The van der Waals surface area contributed by atoms with Gasteiger partial charge in [-0.25, -0.2) is 4.79 Å². The average Bonchev–Trinajstić information content (AvgIpc) is 2.37. The van der Waals surface area contributed by atoms with Crippen molar-refractivity contribution >= 4 is 22.0 Å². The zero-order valence-electron chi connectivity index (χ0n) is 12.4. The first kappa shape index (κ1) is 15.4. The molecule has 0 bridgehead atoms. The lowest BCUT2D eigenvalue weighted by molar-refractivity contribution is 0.0198. The zero-order valence-corrected chi connectivity index (χ0v) is 13.9. The highest BCUT2D eigenvalue weighted by Gasteiger charge is 2.28. The highest BCUT2D eigenvalue weighted by atomic mass is 79.9. The molecule has 1 aliphatic heterocycles. The van der Waals surface area contributed by atoms with Crippen LogP contribution in [0.25, 0.3) is 0 Å². The molecule has 4 heteroatoms. The maximum absolute atomic E-state index is 12.2. The predicted octanol–water partition coefficient (Wildman–Crippen LogP) is 4.56. The molecule has 110 valence electrons. The van der Waals surface area contributed by atoms with E-state index < -0.39 is 5.60 Å². The third-order valence-corrected chi connectivity index (χ3v) is 3.89. The maximum Gasteiger partial charge on any atom is 0.410 e. The van der Waals surface area contributed by atoms with Crippen molar-refractivity contribution in [3.05, 3.63) is 34.3 Å². The Morgan fingerprint density at radius 1 is 1.40 bits per heavy atom. The molecular formula is C16H22BrNO2. The number of halogens is 1. The number of carbonyl (C=O) groups excluding carboxylic acids is 1. The molecule has 1 heterocycles. The molecule has 1 aliphatic rings. The van der Waals surface area contributed by atoms with Gasteiger partial charge in [-0.05, 0) is 51.3 Å². The predicted molar refractivity (Wildman–Crippen MR) is 83.9 cm³/mol. The number of ether oxygens (including phenoxy) is 1. The van der Waals surface area contributed by atoms with Crippen molar-refractivity contribution < 1.29 is 9.53 Å². The topological polar surface area (TPSA) is 29.5 Å². The summed E-state index contributed by atoms with van der Waals surface area (Å²) in [5.41, 5.74) is 0.854. The first-order chi connectivity index (χ1) is 9.35. The molecule has 1 atom stereocenters. The van der Waals surface area contributed by atoms with Crippen molar-refractivity contribution in [3.8, 4) is 0 Å². The Balaban J connectivity index is 2.03. The van der Waals surface area contributed by atoms with Crippen LogP contribution in [0.2, 0.25) is 0 Å². The third kappa shape index (κ3) is 4.23. The summed E-state index contributed by atoms with van der Waals surface area (Å²) in [6.07, 6.45) is 1.95. The van der Waals surface area contributed by atoms with Crippen LogP contribution in [-0.2, 0) is 4.74 Å². The van der Waals surface area contributed by atoms with Gasteiger partial charge in [0.15, 0.2) is 0 Å². The Morgan fingerprint density at radius 2 is 2.15 bits per heavy atom. The van der Waals surface area contributed by atoms with Gasteiger partial charge >= 0.3 is 6.09 Å². The number of hydrogen-bond donors (Lipinski definition) is 0. The second-order valence-electron chi connectivity index (χ2n) is 6.32. The van der Waals surface area contributed by atoms with Crippen molar-refractivity contribution in [3.63, 3.8) is 0 Å². The monoisotopic (exact) mass is 339 g/mol. The molecule has 1 saturated heterocycles. The number of nitrogens with zero attached hydrogens (tertiary/aromatic N) is 1. The molecule has 1 amide bonds. The molecule has 0 unspecified atom stereocenters. The summed E-state index contributed by atoms with van der Waals surface area (Å²) in [7, 11) is 0. The van der Waals surface area contributed by atoms with Crippen molar-refractivity contribution in [2.24, 2.45) is 0 Å². The standard InChI is InChI=1S/C16H22BrNO2/c1-16(2,3)20-15(19)18-9-5-7-13(11-18)12-6-4-8-14(17)10-12/h4,6,8,10,13H,5,7,9,11H2,1-3H3/t13-/m0/s1. The summed E-state index contributed by atoms with van der Waals surface area (Å²) in [5.74, 6) is 0.397. The Kier molecular flexibility index (Phi) is 4.74. The van der Waals surface area contributed by atoms with Crippen LogP contribution in [0.3, 0.4) is 0 Å². The van der Waals surface area contributed by atoms with Crippen LogP contribution in [0.4, 0.5) is 4.79 Å². The highest BCUT2D eigenvalue weighted by Crippen LogP contribution is 2.29. The van der Waals surface area contributed by atoms with E-state index in [1.807, 2.05) is 37.8 Å². The molecular weight excluding hydrogens is 318 g/mol. The first-order valence-corrected chi connectivity index (χ1v) is 7.88. The fraction of sp³-hybridized carbons (Fsp3) is 0.562. The summed E-state index contributed by atoms with van der Waals surface area (Å²) in [5, 5.41) is 0. The summed E-state index contributed by atoms with van der Waals surface area (Å²) in [6, 6.07) is 8.35. The van der Waals surface area contributed by atoms with Crippen LogP contribution in [-0.4, -0.2) is 29.7 Å². The molecule has 0 aliphatic carbocycles. The largest absolute Gasteiger partial charge is 0.444 e. The van der Waals surface area contributed by atoms with Crippen LogP contribution >= 0.6 is 15.9 Å². The van der Waals surface area contributed by atoms with Crippen molar-refractivity contribution in [2.75, 3.05) is 13.1 Å². The molecule has 0 spiro atoms. The lowest BCUT2D eigenvalue weighted by Crippen LogP contribution is -2.42. The first-order valence-electron chi connectivity index (χ1n) is 7.08. The Morgan fingerprint density at radius 3 is 2.80 bits per heavy atom. The van der Waals surface area contributed by atoms with Crippen molar-refractivity contribution in [2.45, 2.75) is 45.1 Å². The van der Waals surface area contributed by atoms with Crippen LogP contribution in [0.5, 0.6) is 0 Å². The molecule has 3 nitrogen and oxygen atoms in total. The minimum Gasteiger partial charge on any atom is -0.444 e. The van der Waals surface area contributed by atoms with E-state index in [9.17, 15) is 4.79 Å². The van der Waals surface area contributed by atoms with Crippen LogP contribution < -0.4 is 0 Å². The zero-order chi connectivity index (χ0) is 14.8. The van der Waals surface area contributed by atoms with Crippen LogP contribution in [0, 0.1) is 0 Å². The number of hydrogen-bond acceptors (Lipinski definition) is 2. The van der Waals surface area contributed by atoms with E-state index in [0.717, 1.165) is 30.4 Å². The molecule has 0 N–H and O–H groups in total. The lowest BCUT2D eigenvalue weighted by atomic mass is 9.91. The number of rotatable bonds is 1. The highest BCUT2D eigenvalue weighted by molar-refractivity contribution is 9.10. The van der Waals surface area contributed by atoms with Gasteiger partial charge in [0.2, 0.25) is 0 Å². The smallest absolute Gasteiger partial charge is 0.410 e. The van der Waals surface area contributed by atoms with E-state index >= 15 is 0 Å². The van der Waals surface area contributed by atoms with E-state index in [2.05, 4.69) is 28.1 Å². The Hall–Kier alpha value is -1.03. The lowest BCUT2D eigenvalue weighted by Gasteiger charge is -2.34. The van der Waals surface area contributed by atoms with Gasteiger partial charge in [-0.15, -0.1) is 0 Å². The number of likely N-dealkylation sites (tertiary alicyclic amines) is 1. The molecule has 1 aromatic rings. The molecule has 1 aromatic carbocycles. The fourth-order valence-corrected chi connectivity index (χ4v) is 2.92. The van der Waals surface area contributed by atoms with Gasteiger partial charge in [-0.3, -0.25) is 0 Å². The molecule has 1 fully saturated rings. The summed E-state index contributed by atoms with van der Waals surface area (Å²) in [4.78, 5) is 14.0. The van der Waals surface area contributed by atoms with Gasteiger partial charge in [0, 0.05) is 23.5 Å². The number of piperidine rings is 1. The molecule has 0 aromatic heterocycles. The van der Waals surface area contributed by atoms with Crippen LogP contribution in [0.15, 0.2) is 28.7 Å². The number of carbonyl (C=O) groups is 1. The third-order valence-electron chi connectivity index (χ3n) is 3.39. The van der Waals surface area contributed by atoms with E-state index in [0.29, 0.717) is 5.92 Å². The Labute approximate surface area is 129 Å². The summed E-state index contributed by atoms with van der Waals surface area (Å²) in [6.45, 7) is 7.24. The second kappa shape index (κ2) is 6.17. The van der Waals surface area contributed by atoms with Gasteiger partial charge in [0.25, 0.3) is 0 Å². The van der Waals surface area contributed by atoms with Gasteiger partial charge < -0.3 is 9.64 Å². The van der Waals surface area contributed by atoms with E-state index in [4.69, 9.17) is 4.74 Å². The minimum absolute atomic E-state index is 0.197. The van der Waals surface area contributed by atoms with Gasteiger partial charge in [-0.2, -0.15) is 0 Å². The average molecular weight is 340 g/mol. The maximum atomic E-state index is 12.2. The summed E-state index contributed by atoms with van der Waals surface area (Å²) >= 11 is 3.51. The second-order valence-corrected chi connectivity index (χ2v) is 7.24. The van der Waals surface area contributed by atoms with E-state index in [-0.39, 0.29) is 6.09 Å². The van der Waals surface area contributed by atoms with E-state index in [1.54, 1.807) is 0 Å². The van der Waals surface area contributed by atoms with Crippen molar-refractivity contribution in [1.29, 1.82) is 0 Å². The fourth-order valence-electron chi connectivity index (χ4n) is 2.50. The van der Waals surface area contributed by atoms with Crippen LogP contribution in [0.1, 0.15) is 45.1 Å². The molecule has 20 heavy (non-hydrogen) atoms. The number of amides is 1. The Bertz CT molecular complexity index is 482. The summed E-state index contributed by atoms with van der Waals surface area (Å²) < 4.78 is 6.55. The normalized spacial score (nSPS) is 19.8. The van der Waals surface area contributed by atoms with Gasteiger partial charge in [-0.1, -0.05) is 28.1 Å². The SMILES string of the molecule is CC(C)(C)OC(=O)N1CCC[C@H](c2cccc(Br)c2)C1. The van der Waals surface area contributed by atoms with Gasteiger partial charge in [0.1, 0.15) is 5.60 Å². The quantitative estimate of drug-likeness (QED) is 0.750. The van der Waals surface area contributed by atoms with Crippen molar-refractivity contribution in [1.82, 2.24) is 4.90 Å². The minimum atomic E-state index is -0.431. The molecule has 2 rings (SSSR count). The number of benzene rings is 1. The van der Waals surface area contributed by atoms with Gasteiger partial charge in [0.05, 0.1) is 0 Å². The molecule has 0 saturated carbocycles.